The number of anilines is 1. The zero-order valence-electron chi connectivity index (χ0n) is 28.1. The van der Waals surface area contributed by atoms with E-state index >= 15 is 4.79 Å². The summed E-state index contributed by atoms with van der Waals surface area (Å²) in [5.41, 5.74) is 0.759. The molecule has 1 aliphatic carbocycles. The number of nitrogens with zero attached hydrogens (tertiary/aromatic N) is 6. The summed E-state index contributed by atoms with van der Waals surface area (Å²) < 4.78 is 7.20. The molecule has 5 heterocycles. The lowest BCUT2D eigenvalue weighted by molar-refractivity contribution is -0.129. The second-order valence-electron chi connectivity index (χ2n) is 13.8. The van der Waals surface area contributed by atoms with Gasteiger partial charge in [0.15, 0.2) is 0 Å². The van der Waals surface area contributed by atoms with E-state index in [1.807, 2.05) is 31.2 Å². The second kappa shape index (κ2) is 11.5. The van der Waals surface area contributed by atoms with E-state index in [0.717, 1.165) is 25.1 Å². The lowest BCUT2D eigenvalue weighted by atomic mass is 9.56. The summed E-state index contributed by atoms with van der Waals surface area (Å²) in [5, 5.41) is 17.8. The highest BCUT2D eigenvalue weighted by Crippen LogP contribution is 2.62. The van der Waals surface area contributed by atoms with Crippen LogP contribution in [0.5, 0.6) is 5.75 Å². The molecule has 4 atom stereocenters. The van der Waals surface area contributed by atoms with Gasteiger partial charge in [-0.1, -0.05) is 51.8 Å². The summed E-state index contributed by atoms with van der Waals surface area (Å²) in [6, 6.07) is 20.4. The predicted octanol–water partition coefficient (Wildman–Crippen LogP) is 6.71. The Kier molecular flexibility index (Phi) is 7.28. The number of allylic oxidation sites excluding steroid dienone is 2. The highest BCUT2D eigenvalue weighted by molar-refractivity contribution is 9.10. The van der Waals surface area contributed by atoms with Gasteiger partial charge < -0.3 is 5.11 Å². The molecule has 0 bridgehead atoms. The standard InChI is InChI=1S/C38H30BrClN6O5S/c1-19-24-16-21(40)10-12-30(24)52-33(19)27-18-31(42(3)41-27)45-34(48)26-17-28-23(32(38(26,2)35(45)49)25-15-20(39)9-11-29(25)47)13-14-43-36(50)44(37(51)46(28)43)22-7-5-4-6-8-22/h4-13,15-16,18,26,28,32,47H,14,17H2,1-3H3. The number of imide groups is 1. The van der Waals surface area contributed by atoms with Gasteiger partial charge in [0.1, 0.15) is 17.3 Å². The summed E-state index contributed by atoms with van der Waals surface area (Å²) in [5.74, 6) is -2.32. The quantitative estimate of drug-likeness (QED) is 0.156. The highest BCUT2D eigenvalue weighted by Gasteiger charge is 2.66. The number of carbonyl (C=O) groups excluding carboxylic acids is 2. The Morgan fingerprint density at radius 1 is 1.00 bits per heavy atom. The van der Waals surface area contributed by atoms with Crippen molar-refractivity contribution in [3.05, 3.63) is 126 Å². The van der Waals surface area contributed by atoms with Crippen molar-refractivity contribution in [2.75, 3.05) is 4.90 Å². The van der Waals surface area contributed by atoms with E-state index in [2.05, 4.69) is 15.9 Å². The van der Waals surface area contributed by atoms with Crippen molar-refractivity contribution in [3.8, 4) is 22.0 Å². The molecular weight excluding hydrogens is 768 g/mol. The second-order valence-corrected chi connectivity index (χ2v) is 16.2. The number of fused-ring (bicyclic) bond motifs is 5. The Bertz CT molecular complexity index is 2690. The Hall–Kier alpha value is -4.98. The van der Waals surface area contributed by atoms with Gasteiger partial charge in [-0.15, -0.1) is 11.3 Å². The number of phenolic OH excluding ortho intramolecular Hbond substituents is 1. The first-order valence-corrected chi connectivity index (χ1v) is 18.7. The van der Waals surface area contributed by atoms with Gasteiger partial charge in [0, 0.05) is 38.8 Å². The number of hydrogen-bond acceptors (Lipinski definition) is 7. The van der Waals surface area contributed by atoms with Gasteiger partial charge in [-0.25, -0.2) is 28.4 Å². The number of phenols is 1. The maximum atomic E-state index is 15.0. The highest BCUT2D eigenvalue weighted by atomic mass is 79.9. The average Bonchev–Trinajstić information content (AvgIpc) is 3.80. The van der Waals surface area contributed by atoms with Gasteiger partial charge in [0.05, 0.1) is 34.5 Å². The molecule has 262 valence electrons. The molecule has 9 rings (SSSR count). The molecule has 2 fully saturated rings. The minimum atomic E-state index is -1.36. The molecule has 1 saturated heterocycles. The van der Waals surface area contributed by atoms with Crippen molar-refractivity contribution in [1.29, 1.82) is 0 Å². The molecule has 1 N–H and O–H groups in total. The summed E-state index contributed by atoms with van der Waals surface area (Å²) in [6.45, 7) is 3.84. The van der Waals surface area contributed by atoms with Crippen LogP contribution in [0.2, 0.25) is 5.02 Å². The molecule has 4 unspecified atom stereocenters. The minimum absolute atomic E-state index is 0.0475. The van der Waals surface area contributed by atoms with E-state index in [0.29, 0.717) is 37.8 Å². The molecule has 0 radical (unpaired) electrons. The number of aryl methyl sites for hydroxylation is 2. The molecule has 2 amide bonds. The van der Waals surface area contributed by atoms with Crippen LogP contribution >= 0.6 is 38.9 Å². The van der Waals surface area contributed by atoms with Crippen molar-refractivity contribution in [3.63, 3.8) is 0 Å². The zero-order chi connectivity index (χ0) is 36.4. The topological polar surface area (TPSA) is 124 Å². The van der Waals surface area contributed by atoms with Crippen LogP contribution in [-0.2, 0) is 23.2 Å². The van der Waals surface area contributed by atoms with Crippen molar-refractivity contribution < 1.29 is 14.7 Å². The van der Waals surface area contributed by atoms with E-state index in [-0.39, 0.29) is 18.7 Å². The number of halogens is 2. The Balaban J connectivity index is 1.20. The number of aromatic nitrogens is 5. The zero-order valence-corrected chi connectivity index (χ0v) is 31.2. The van der Waals surface area contributed by atoms with E-state index in [1.165, 1.54) is 14.3 Å². The lowest BCUT2D eigenvalue weighted by Gasteiger charge is -2.47. The fraction of sp³-hybridized carbons (Fsp3) is 0.237. The SMILES string of the molecule is Cc1c(-c2cc(N3C(=O)C4CC5C(=CCn6c(=O)n(-c7ccccc7)c(=O)n65)C(c5cc(Br)ccc5O)C4(C)C3=O)n(C)n2)sc2ccc(Cl)cc12. The predicted molar refractivity (Wildman–Crippen MR) is 202 cm³/mol. The van der Waals surface area contributed by atoms with Crippen LogP contribution in [0.4, 0.5) is 5.82 Å². The number of para-hydroxylation sites is 1. The van der Waals surface area contributed by atoms with Crippen molar-refractivity contribution in [2.24, 2.45) is 18.4 Å². The van der Waals surface area contributed by atoms with Crippen molar-refractivity contribution >= 4 is 66.6 Å². The minimum Gasteiger partial charge on any atom is -0.508 e. The lowest BCUT2D eigenvalue weighted by Crippen LogP contribution is -2.49. The monoisotopic (exact) mass is 796 g/mol. The first-order valence-electron chi connectivity index (χ1n) is 16.7. The summed E-state index contributed by atoms with van der Waals surface area (Å²) in [4.78, 5) is 59.9. The van der Waals surface area contributed by atoms with E-state index in [9.17, 15) is 19.5 Å². The molecule has 1 saturated carbocycles. The third kappa shape index (κ3) is 4.45. The van der Waals surface area contributed by atoms with Crippen molar-refractivity contribution in [2.45, 2.75) is 38.8 Å². The number of rotatable bonds is 4. The molecule has 11 nitrogen and oxygen atoms in total. The number of hydrogen-bond donors (Lipinski definition) is 1. The first kappa shape index (κ1) is 32.9. The van der Waals surface area contributed by atoms with Crippen LogP contribution in [0.1, 0.15) is 36.4 Å². The third-order valence-corrected chi connectivity index (χ3v) is 13.1. The maximum Gasteiger partial charge on any atom is 0.352 e. The summed E-state index contributed by atoms with van der Waals surface area (Å²) in [6.07, 6.45) is 1.96. The fourth-order valence-electron chi connectivity index (χ4n) is 8.61. The molecule has 0 spiro atoms. The van der Waals surface area contributed by atoms with Gasteiger partial charge >= 0.3 is 11.4 Å². The van der Waals surface area contributed by atoms with Gasteiger partial charge in [0.2, 0.25) is 11.8 Å². The Labute approximate surface area is 313 Å². The average molecular weight is 798 g/mol. The Morgan fingerprint density at radius 2 is 1.77 bits per heavy atom. The normalized spacial score (nSPS) is 22.4. The molecular formula is C38H30BrClN6O5S. The van der Waals surface area contributed by atoms with Crippen molar-refractivity contribution in [1.82, 2.24) is 23.7 Å². The number of carbonyl (C=O) groups is 2. The Morgan fingerprint density at radius 3 is 2.54 bits per heavy atom. The molecule has 3 aliphatic rings. The molecule has 3 aromatic carbocycles. The van der Waals surface area contributed by atoms with Crippen LogP contribution in [-0.4, -0.2) is 40.6 Å². The summed E-state index contributed by atoms with van der Waals surface area (Å²) >= 11 is 11.4. The maximum absolute atomic E-state index is 15.0. The van der Waals surface area contributed by atoms with Gasteiger partial charge in [-0.3, -0.25) is 14.3 Å². The van der Waals surface area contributed by atoms with Crippen LogP contribution < -0.4 is 16.3 Å². The smallest absolute Gasteiger partial charge is 0.352 e. The third-order valence-electron chi connectivity index (χ3n) is 11.1. The molecule has 2 aliphatic heterocycles. The molecule has 6 aromatic rings. The number of amides is 2. The van der Waals surface area contributed by atoms with Gasteiger partial charge in [-0.05, 0) is 85.3 Å². The fourth-order valence-corrected chi connectivity index (χ4v) is 10.3. The van der Waals surface area contributed by atoms with Gasteiger partial charge in [0.25, 0.3) is 0 Å². The molecule has 3 aromatic heterocycles. The molecule has 14 heteroatoms. The van der Waals surface area contributed by atoms with Crippen LogP contribution in [0.25, 0.3) is 26.3 Å². The van der Waals surface area contributed by atoms with Crippen LogP contribution in [0, 0.1) is 18.3 Å². The number of thiophene rings is 1. The number of benzene rings is 3. The van der Waals surface area contributed by atoms with Gasteiger partial charge in [-0.2, -0.15) is 5.10 Å². The van der Waals surface area contributed by atoms with Crippen LogP contribution in [0.15, 0.2) is 98.5 Å². The van der Waals surface area contributed by atoms with E-state index < -0.39 is 46.5 Å². The largest absolute Gasteiger partial charge is 0.508 e. The van der Waals surface area contributed by atoms with E-state index in [1.54, 1.807) is 84.6 Å². The number of aromatic hydroxyl groups is 1. The first-order chi connectivity index (χ1) is 24.9. The van der Waals surface area contributed by atoms with Crippen LogP contribution in [0.3, 0.4) is 0 Å². The summed E-state index contributed by atoms with van der Waals surface area (Å²) in [7, 11) is 1.70. The molecule has 52 heavy (non-hydrogen) atoms. The van der Waals surface area contributed by atoms with E-state index in [4.69, 9.17) is 16.7 Å².